The number of aromatic nitrogens is 3. The van der Waals surface area contributed by atoms with Crippen LogP contribution in [0.3, 0.4) is 0 Å². The molecular weight excluding hydrogens is 380 g/mol. The van der Waals surface area contributed by atoms with E-state index in [-0.39, 0.29) is 5.91 Å². The summed E-state index contributed by atoms with van der Waals surface area (Å²) in [6, 6.07) is 17.5. The van der Waals surface area contributed by atoms with E-state index in [9.17, 15) is 4.79 Å². The molecule has 2 heterocycles. The first-order valence-electron chi connectivity index (χ1n) is 8.56. The standard InChI is InChI=1S/C20H17ClN4OS/c1-13-12-17(22-18(26)11-10-14-6-3-2-4-7-14)25(24-13)20-23-19-15(21)8-5-9-16(19)27-20/h2-9,12H,10-11H2,1H3,(H,22,26). The normalized spacial score (nSPS) is 11.0. The van der Waals surface area contributed by atoms with E-state index in [0.717, 1.165) is 21.5 Å². The summed E-state index contributed by atoms with van der Waals surface area (Å²) >= 11 is 7.71. The Kier molecular flexibility index (Phi) is 4.92. The van der Waals surface area contributed by atoms with Crippen LogP contribution in [0.2, 0.25) is 5.02 Å². The van der Waals surface area contributed by atoms with Crippen LogP contribution in [0.4, 0.5) is 5.82 Å². The highest BCUT2D eigenvalue weighted by atomic mass is 35.5. The number of para-hydroxylation sites is 1. The van der Waals surface area contributed by atoms with Crippen molar-refractivity contribution in [3.63, 3.8) is 0 Å². The molecule has 136 valence electrons. The molecule has 1 N–H and O–H groups in total. The van der Waals surface area contributed by atoms with Gasteiger partial charge in [0.05, 0.1) is 15.4 Å². The number of thiazole rings is 1. The molecule has 2 aromatic heterocycles. The van der Waals surface area contributed by atoms with E-state index >= 15 is 0 Å². The van der Waals surface area contributed by atoms with Crippen LogP contribution in [0.15, 0.2) is 54.6 Å². The van der Waals surface area contributed by atoms with Crippen molar-refractivity contribution < 1.29 is 4.79 Å². The van der Waals surface area contributed by atoms with E-state index in [1.54, 1.807) is 4.68 Å². The number of halogens is 1. The van der Waals surface area contributed by atoms with Crippen molar-refractivity contribution in [1.82, 2.24) is 14.8 Å². The van der Waals surface area contributed by atoms with Gasteiger partial charge >= 0.3 is 0 Å². The Morgan fingerprint density at radius 3 is 2.78 bits per heavy atom. The number of nitrogens with one attached hydrogen (secondary N) is 1. The average molecular weight is 397 g/mol. The van der Waals surface area contributed by atoms with Gasteiger partial charge in [0.15, 0.2) is 0 Å². The first-order valence-corrected chi connectivity index (χ1v) is 9.75. The van der Waals surface area contributed by atoms with Gasteiger partial charge in [0.25, 0.3) is 0 Å². The number of benzene rings is 2. The number of aryl methyl sites for hydroxylation is 2. The number of amides is 1. The zero-order chi connectivity index (χ0) is 18.8. The van der Waals surface area contributed by atoms with Gasteiger partial charge in [-0.05, 0) is 31.0 Å². The fourth-order valence-electron chi connectivity index (χ4n) is 2.84. The second kappa shape index (κ2) is 7.50. The minimum atomic E-state index is -0.0563. The molecule has 0 saturated carbocycles. The van der Waals surface area contributed by atoms with E-state index in [1.807, 2.05) is 61.5 Å². The Morgan fingerprint density at radius 2 is 2.00 bits per heavy atom. The molecule has 0 spiro atoms. The molecular formula is C20H17ClN4OS. The third-order valence-corrected chi connectivity index (χ3v) is 5.42. The van der Waals surface area contributed by atoms with Crippen molar-refractivity contribution in [2.24, 2.45) is 0 Å². The van der Waals surface area contributed by atoms with Crippen molar-refractivity contribution >= 4 is 44.9 Å². The molecule has 0 radical (unpaired) electrons. The first kappa shape index (κ1) is 17.7. The number of nitrogens with zero attached hydrogens (tertiary/aromatic N) is 3. The minimum absolute atomic E-state index is 0.0563. The number of hydrogen-bond acceptors (Lipinski definition) is 4. The van der Waals surface area contributed by atoms with Crippen molar-refractivity contribution in [3.05, 3.63) is 70.9 Å². The number of carbonyl (C=O) groups excluding carboxylic acids is 1. The van der Waals surface area contributed by atoms with Crippen LogP contribution >= 0.6 is 22.9 Å². The van der Waals surface area contributed by atoms with Gasteiger partial charge in [-0.15, -0.1) is 0 Å². The highest BCUT2D eigenvalue weighted by molar-refractivity contribution is 7.20. The summed E-state index contributed by atoms with van der Waals surface area (Å²) < 4.78 is 2.64. The molecule has 0 aliphatic carbocycles. The zero-order valence-electron chi connectivity index (χ0n) is 14.6. The number of anilines is 1. The molecule has 4 rings (SSSR count). The monoisotopic (exact) mass is 396 g/mol. The Morgan fingerprint density at radius 1 is 1.19 bits per heavy atom. The zero-order valence-corrected chi connectivity index (χ0v) is 16.2. The number of carbonyl (C=O) groups is 1. The molecule has 0 atom stereocenters. The molecule has 4 aromatic rings. The summed E-state index contributed by atoms with van der Waals surface area (Å²) in [5.41, 5.74) is 2.69. The van der Waals surface area contributed by atoms with E-state index in [1.165, 1.54) is 11.3 Å². The molecule has 0 fully saturated rings. The number of hydrogen-bond donors (Lipinski definition) is 1. The van der Waals surface area contributed by atoms with Gasteiger partial charge in [-0.25, -0.2) is 4.98 Å². The van der Waals surface area contributed by atoms with Gasteiger partial charge in [0.2, 0.25) is 11.0 Å². The number of rotatable bonds is 5. The first-order chi connectivity index (χ1) is 13.1. The Balaban J connectivity index is 1.55. The van der Waals surface area contributed by atoms with E-state index in [2.05, 4.69) is 15.4 Å². The summed E-state index contributed by atoms with van der Waals surface area (Å²) in [7, 11) is 0. The quantitative estimate of drug-likeness (QED) is 0.515. The predicted octanol–water partition coefficient (Wildman–Crippen LogP) is 5.02. The van der Waals surface area contributed by atoms with Crippen LogP contribution in [0.1, 0.15) is 17.7 Å². The third kappa shape index (κ3) is 3.86. The van der Waals surface area contributed by atoms with Crippen LogP contribution in [-0.2, 0) is 11.2 Å². The van der Waals surface area contributed by atoms with E-state index in [0.29, 0.717) is 28.8 Å². The highest BCUT2D eigenvalue weighted by Crippen LogP contribution is 2.31. The summed E-state index contributed by atoms with van der Waals surface area (Å²) in [5, 5.41) is 8.71. The molecule has 27 heavy (non-hydrogen) atoms. The Labute approximate surface area is 165 Å². The molecule has 0 aliphatic rings. The molecule has 1 amide bonds. The lowest BCUT2D eigenvalue weighted by molar-refractivity contribution is -0.116. The number of fused-ring (bicyclic) bond motifs is 1. The smallest absolute Gasteiger partial charge is 0.225 e. The maximum Gasteiger partial charge on any atom is 0.225 e. The highest BCUT2D eigenvalue weighted by Gasteiger charge is 2.15. The van der Waals surface area contributed by atoms with Crippen molar-refractivity contribution in [1.29, 1.82) is 0 Å². The van der Waals surface area contributed by atoms with Gasteiger partial charge in [-0.1, -0.05) is 59.3 Å². The maximum atomic E-state index is 12.4. The lowest BCUT2D eigenvalue weighted by Crippen LogP contribution is -2.15. The molecule has 7 heteroatoms. The van der Waals surface area contributed by atoms with Crippen LogP contribution in [0, 0.1) is 6.92 Å². The molecule has 0 saturated heterocycles. The topological polar surface area (TPSA) is 59.8 Å². The average Bonchev–Trinajstić information content (AvgIpc) is 3.25. The minimum Gasteiger partial charge on any atom is -0.310 e. The molecule has 0 bridgehead atoms. The SMILES string of the molecule is Cc1cc(NC(=O)CCc2ccccc2)n(-c2nc3c(Cl)cccc3s2)n1. The fourth-order valence-corrected chi connectivity index (χ4v) is 4.07. The predicted molar refractivity (Wildman–Crippen MR) is 110 cm³/mol. The largest absolute Gasteiger partial charge is 0.310 e. The van der Waals surface area contributed by atoms with Gasteiger partial charge in [-0.3, -0.25) is 4.79 Å². The van der Waals surface area contributed by atoms with Crippen LogP contribution < -0.4 is 5.32 Å². The molecule has 0 unspecified atom stereocenters. The molecule has 5 nitrogen and oxygen atoms in total. The van der Waals surface area contributed by atoms with Crippen LogP contribution in [-0.4, -0.2) is 20.7 Å². The Hall–Kier alpha value is -2.70. The summed E-state index contributed by atoms with van der Waals surface area (Å²) in [5.74, 6) is 0.555. The van der Waals surface area contributed by atoms with E-state index < -0.39 is 0 Å². The van der Waals surface area contributed by atoms with Crippen molar-refractivity contribution in [3.8, 4) is 5.13 Å². The third-order valence-electron chi connectivity index (χ3n) is 4.12. The van der Waals surface area contributed by atoms with Crippen LogP contribution in [0.5, 0.6) is 0 Å². The molecule has 0 aliphatic heterocycles. The van der Waals surface area contributed by atoms with Gasteiger partial charge in [-0.2, -0.15) is 9.78 Å². The van der Waals surface area contributed by atoms with E-state index in [4.69, 9.17) is 11.6 Å². The molecule has 2 aromatic carbocycles. The van der Waals surface area contributed by atoms with Crippen molar-refractivity contribution in [2.75, 3.05) is 5.32 Å². The van der Waals surface area contributed by atoms with Crippen molar-refractivity contribution in [2.45, 2.75) is 19.8 Å². The van der Waals surface area contributed by atoms with Crippen LogP contribution in [0.25, 0.3) is 15.3 Å². The van der Waals surface area contributed by atoms with Gasteiger partial charge < -0.3 is 5.32 Å². The lowest BCUT2D eigenvalue weighted by Gasteiger charge is -2.06. The fraction of sp³-hybridized carbons (Fsp3) is 0.150. The second-order valence-corrected chi connectivity index (χ2v) is 7.62. The maximum absolute atomic E-state index is 12.4. The Bertz CT molecular complexity index is 1100. The summed E-state index contributed by atoms with van der Waals surface area (Å²) in [4.78, 5) is 17.0. The second-order valence-electron chi connectivity index (χ2n) is 6.20. The summed E-state index contributed by atoms with van der Waals surface area (Å²) in [6.07, 6.45) is 1.09. The lowest BCUT2D eigenvalue weighted by atomic mass is 10.1. The van der Waals surface area contributed by atoms with Gasteiger partial charge in [0, 0.05) is 12.5 Å². The van der Waals surface area contributed by atoms with Gasteiger partial charge in [0.1, 0.15) is 11.3 Å². The summed E-state index contributed by atoms with van der Waals surface area (Å²) in [6.45, 7) is 1.89.